The van der Waals surface area contributed by atoms with E-state index in [4.69, 9.17) is 0 Å². The highest BCUT2D eigenvalue weighted by Crippen LogP contribution is 2.26. The lowest BCUT2D eigenvalue weighted by Crippen LogP contribution is -2.57. The van der Waals surface area contributed by atoms with Gasteiger partial charge in [0.15, 0.2) is 0 Å². The summed E-state index contributed by atoms with van der Waals surface area (Å²) in [5, 5.41) is 17.1. The minimum Gasteiger partial charge on any atom is -0.478 e. The summed E-state index contributed by atoms with van der Waals surface area (Å²) in [5.74, 6) is -0.955. The second-order valence-corrected chi connectivity index (χ2v) is 9.92. The number of amides is 1. The number of rotatable bonds is 8. The SMILES string of the molecule is C=C(N[C@H](C(=O)N(C)[C@H](/C=C(\C)C(=O)O)C(C)C)C(C)(C)C)C1CCCN(C)N1C. The normalized spacial score (nSPS) is 21.3. The summed E-state index contributed by atoms with van der Waals surface area (Å²) in [5.41, 5.74) is 0.731. The Balaban J connectivity index is 3.12. The fraction of sp³-hybridized carbons (Fsp3) is 0.739. The molecule has 0 aromatic rings. The molecule has 0 aromatic carbocycles. The first-order valence-electron chi connectivity index (χ1n) is 10.8. The molecule has 0 aromatic heterocycles. The van der Waals surface area contributed by atoms with Crippen molar-refractivity contribution in [1.82, 2.24) is 20.2 Å². The van der Waals surface area contributed by atoms with E-state index in [1.54, 1.807) is 24.9 Å². The summed E-state index contributed by atoms with van der Waals surface area (Å²) in [6, 6.07) is -0.658. The van der Waals surface area contributed by atoms with Crippen molar-refractivity contribution in [1.29, 1.82) is 0 Å². The smallest absolute Gasteiger partial charge is 0.331 e. The van der Waals surface area contributed by atoms with E-state index in [-0.39, 0.29) is 34.9 Å². The van der Waals surface area contributed by atoms with Crippen molar-refractivity contribution in [3.05, 3.63) is 23.9 Å². The van der Waals surface area contributed by atoms with Crippen LogP contribution in [0.1, 0.15) is 54.4 Å². The van der Waals surface area contributed by atoms with Crippen LogP contribution in [0.5, 0.6) is 0 Å². The largest absolute Gasteiger partial charge is 0.478 e. The Kier molecular flexibility index (Phi) is 9.11. The van der Waals surface area contributed by atoms with E-state index in [1.165, 1.54) is 0 Å². The predicted molar refractivity (Wildman–Crippen MR) is 122 cm³/mol. The van der Waals surface area contributed by atoms with Crippen LogP contribution in [0, 0.1) is 11.3 Å². The average molecular weight is 423 g/mol. The van der Waals surface area contributed by atoms with Crippen LogP contribution < -0.4 is 5.32 Å². The number of likely N-dealkylation sites (N-methyl/N-ethyl adjacent to an activating group) is 2. The zero-order valence-electron chi connectivity index (χ0n) is 20.3. The summed E-state index contributed by atoms with van der Waals surface area (Å²) < 4.78 is 0. The lowest BCUT2D eigenvalue weighted by atomic mass is 9.84. The van der Waals surface area contributed by atoms with Gasteiger partial charge in [0.05, 0.1) is 12.1 Å². The Morgan fingerprint density at radius 2 is 1.83 bits per heavy atom. The molecule has 2 N–H and O–H groups in total. The van der Waals surface area contributed by atoms with Gasteiger partial charge >= 0.3 is 5.97 Å². The molecule has 1 heterocycles. The number of carbonyl (C=O) groups is 2. The average Bonchev–Trinajstić information content (AvgIpc) is 2.63. The molecule has 0 saturated carbocycles. The molecule has 1 fully saturated rings. The van der Waals surface area contributed by atoms with Gasteiger partial charge in [0.25, 0.3) is 0 Å². The molecule has 7 heteroatoms. The summed E-state index contributed by atoms with van der Waals surface area (Å²) >= 11 is 0. The maximum atomic E-state index is 13.6. The van der Waals surface area contributed by atoms with Crippen LogP contribution in [0.25, 0.3) is 0 Å². The minimum absolute atomic E-state index is 0.0661. The van der Waals surface area contributed by atoms with Crippen LogP contribution in [0.15, 0.2) is 23.9 Å². The molecular formula is C23H42N4O3. The quantitative estimate of drug-likeness (QED) is 0.586. The van der Waals surface area contributed by atoms with Gasteiger partial charge in [-0.15, -0.1) is 0 Å². The summed E-state index contributed by atoms with van der Waals surface area (Å²) in [4.78, 5) is 26.6. The Morgan fingerprint density at radius 1 is 1.27 bits per heavy atom. The zero-order chi connectivity index (χ0) is 23.4. The van der Waals surface area contributed by atoms with E-state index in [9.17, 15) is 14.7 Å². The molecule has 30 heavy (non-hydrogen) atoms. The maximum Gasteiger partial charge on any atom is 0.331 e. The Bertz CT molecular complexity index is 666. The van der Waals surface area contributed by atoms with Gasteiger partial charge in [-0.3, -0.25) is 4.79 Å². The molecular weight excluding hydrogens is 380 g/mol. The number of hydrogen-bond acceptors (Lipinski definition) is 5. The third-order valence-corrected chi connectivity index (χ3v) is 6.03. The highest BCUT2D eigenvalue weighted by molar-refractivity contribution is 5.87. The minimum atomic E-state index is -0.968. The molecule has 1 unspecified atom stereocenters. The topological polar surface area (TPSA) is 76.1 Å². The van der Waals surface area contributed by atoms with Crippen molar-refractivity contribution in [2.45, 2.75) is 72.5 Å². The molecule has 0 spiro atoms. The predicted octanol–water partition coefficient (Wildman–Crippen LogP) is 2.96. The van der Waals surface area contributed by atoms with Crippen LogP contribution in [0.3, 0.4) is 0 Å². The fourth-order valence-corrected chi connectivity index (χ4v) is 3.86. The molecule has 3 atom stereocenters. The third kappa shape index (κ3) is 6.57. The van der Waals surface area contributed by atoms with Crippen molar-refractivity contribution in [2.75, 3.05) is 27.7 Å². The Hall–Kier alpha value is -1.86. The number of nitrogens with zero attached hydrogens (tertiary/aromatic N) is 3. The molecule has 0 aliphatic carbocycles. The first-order valence-corrected chi connectivity index (χ1v) is 10.8. The highest BCUT2D eigenvalue weighted by atomic mass is 16.4. The fourth-order valence-electron chi connectivity index (χ4n) is 3.86. The summed E-state index contributed by atoms with van der Waals surface area (Å²) in [6.07, 6.45) is 3.74. The van der Waals surface area contributed by atoms with E-state index in [0.717, 1.165) is 25.1 Å². The van der Waals surface area contributed by atoms with E-state index in [1.807, 2.05) is 41.7 Å². The first kappa shape index (κ1) is 26.2. The van der Waals surface area contributed by atoms with Crippen molar-refractivity contribution >= 4 is 11.9 Å². The number of aliphatic carboxylic acids is 1. The molecule has 1 rings (SSSR count). The maximum absolute atomic E-state index is 13.6. The van der Waals surface area contributed by atoms with Gasteiger partial charge in [-0.2, -0.15) is 0 Å². The monoisotopic (exact) mass is 422 g/mol. The Morgan fingerprint density at radius 3 is 2.30 bits per heavy atom. The van der Waals surface area contributed by atoms with Gasteiger partial charge in [0.2, 0.25) is 5.91 Å². The second-order valence-electron chi connectivity index (χ2n) is 9.92. The van der Waals surface area contributed by atoms with E-state index >= 15 is 0 Å². The number of nitrogens with one attached hydrogen (secondary N) is 1. The summed E-state index contributed by atoms with van der Waals surface area (Å²) in [6.45, 7) is 16.9. The number of carbonyl (C=O) groups excluding carboxylic acids is 1. The third-order valence-electron chi connectivity index (χ3n) is 6.03. The van der Waals surface area contributed by atoms with Gasteiger partial charge < -0.3 is 15.3 Å². The Labute approximate surface area is 182 Å². The van der Waals surface area contributed by atoms with Gasteiger partial charge in [-0.1, -0.05) is 47.3 Å². The van der Waals surface area contributed by atoms with Crippen LogP contribution >= 0.6 is 0 Å². The molecule has 1 amide bonds. The first-order chi connectivity index (χ1) is 13.7. The number of hydrogen-bond donors (Lipinski definition) is 2. The van der Waals surface area contributed by atoms with E-state index in [2.05, 4.69) is 29.0 Å². The molecule has 1 aliphatic rings. The van der Waals surface area contributed by atoms with Gasteiger partial charge in [0.1, 0.15) is 6.04 Å². The van der Waals surface area contributed by atoms with Crippen LogP contribution in [-0.4, -0.2) is 77.7 Å². The molecule has 172 valence electrons. The van der Waals surface area contributed by atoms with Crippen molar-refractivity contribution in [2.24, 2.45) is 11.3 Å². The molecule has 7 nitrogen and oxygen atoms in total. The molecule has 0 bridgehead atoms. The van der Waals surface area contributed by atoms with Crippen LogP contribution in [0.4, 0.5) is 0 Å². The van der Waals surface area contributed by atoms with E-state index < -0.39 is 12.0 Å². The van der Waals surface area contributed by atoms with Gasteiger partial charge in [-0.05, 0) is 31.1 Å². The van der Waals surface area contributed by atoms with Gasteiger partial charge in [-0.25, -0.2) is 14.8 Å². The van der Waals surface area contributed by atoms with E-state index in [0.29, 0.717) is 0 Å². The summed E-state index contributed by atoms with van der Waals surface area (Å²) in [7, 11) is 5.86. The van der Waals surface area contributed by atoms with Crippen LogP contribution in [-0.2, 0) is 9.59 Å². The molecule has 1 saturated heterocycles. The highest BCUT2D eigenvalue weighted by Gasteiger charge is 2.37. The zero-order valence-corrected chi connectivity index (χ0v) is 20.3. The van der Waals surface area contributed by atoms with Crippen molar-refractivity contribution < 1.29 is 14.7 Å². The number of carboxylic acid groups (broad SMARTS) is 1. The molecule has 1 aliphatic heterocycles. The lowest BCUT2D eigenvalue weighted by molar-refractivity contribution is -0.137. The van der Waals surface area contributed by atoms with Crippen molar-refractivity contribution in [3.8, 4) is 0 Å². The van der Waals surface area contributed by atoms with Crippen LogP contribution in [0.2, 0.25) is 0 Å². The second kappa shape index (κ2) is 10.4. The van der Waals surface area contributed by atoms with Gasteiger partial charge in [0, 0.05) is 39.0 Å². The number of hydrazine groups is 1. The van der Waals surface area contributed by atoms with Crippen molar-refractivity contribution in [3.63, 3.8) is 0 Å². The standard InChI is InChI=1S/C23H42N4O3/c1-15(2)19(14-16(3)22(29)30)26(9)21(28)20(23(5,6)7)24-17(4)18-12-11-13-25(8)27(18)10/h14-15,18-20,24H,4,11-13H2,1-3,5-10H3,(H,29,30)/b16-14+/t18?,19-,20-/m1/s1. The lowest BCUT2D eigenvalue weighted by Gasteiger charge is -2.43. The molecule has 0 radical (unpaired) electrons. The number of carboxylic acids is 1.